The second kappa shape index (κ2) is 11.9. The van der Waals surface area contributed by atoms with Crippen LogP contribution in [-0.2, 0) is 9.59 Å². The van der Waals surface area contributed by atoms with Gasteiger partial charge >= 0.3 is 11.9 Å². The highest BCUT2D eigenvalue weighted by Gasteiger charge is 2.57. The number of fused-ring (bicyclic) bond motifs is 4. The van der Waals surface area contributed by atoms with Crippen molar-refractivity contribution < 1.29 is 19.8 Å². The first kappa shape index (κ1) is 26.9. The SMILES string of the molecule is CN1[C@@H]2CC[C@H]1CC(C(CCCCCCCCCCC(=O)O)(C(=O)O)C1C[C@H]3CC[C@@H](C1)N3C)C2. The van der Waals surface area contributed by atoms with Gasteiger partial charge in [-0.25, -0.2) is 0 Å². The molecule has 4 fully saturated rings. The quantitative estimate of drug-likeness (QED) is 0.300. The van der Waals surface area contributed by atoms with Gasteiger partial charge in [0.2, 0.25) is 0 Å². The molecule has 4 aliphatic rings. The van der Waals surface area contributed by atoms with Crippen LogP contribution in [0.4, 0.5) is 0 Å². The molecule has 0 amide bonds. The number of nitrogens with zero attached hydrogens (tertiary/aromatic N) is 2. The predicted molar refractivity (Wildman–Crippen MR) is 138 cm³/mol. The topological polar surface area (TPSA) is 81.1 Å². The van der Waals surface area contributed by atoms with Crippen molar-refractivity contribution in [3.63, 3.8) is 0 Å². The average molecular weight is 491 g/mol. The highest BCUT2D eigenvalue weighted by atomic mass is 16.4. The molecule has 2 N–H and O–H groups in total. The van der Waals surface area contributed by atoms with Crippen LogP contribution in [-0.4, -0.2) is 70.2 Å². The molecule has 0 spiro atoms. The molecule has 0 aromatic heterocycles. The van der Waals surface area contributed by atoms with Crippen molar-refractivity contribution in [2.45, 2.75) is 140 Å². The zero-order valence-corrected chi connectivity index (χ0v) is 22.3. The first-order valence-corrected chi connectivity index (χ1v) is 14.7. The number of aliphatic carboxylic acids is 2. The van der Waals surface area contributed by atoms with Crippen LogP contribution in [0.2, 0.25) is 0 Å². The summed E-state index contributed by atoms with van der Waals surface area (Å²) in [6.45, 7) is 0. The lowest BCUT2D eigenvalue weighted by Crippen LogP contribution is -2.55. The maximum Gasteiger partial charge on any atom is 0.310 e. The van der Waals surface area contributed by atoms with E-state index in [9.17, 15) is 14.7 Å². The zero-order chi connectivity index (χ0) is 25.0. The van der Waals surface area contributed by atoms with E-state index < -0.39 is 17.4 Å². The van der Waals surface area contributed by atoms with Crippen LogP contribution in [0.1, 0.15) is 116 Å². The van der Waals surface area contributed by atoms with Crippen LogP contribution >= 0.6 is 0 Å². The molecule has 4 aliphatic heterocycles. The molecular formula is C29H50N2O4. The summed E-state index contributed by atoms with van der Waals surface area (Å²) in [6.07, 6.45) is 19.1. The van der Waals surface area contributed by atoms with Crippen LogP contribution in [0.5, 0.6) is 0 Å². The summed E-state index contributed by atoms with van der Waals surface area (Å²) in [7, 11) is 4.52. The molecule has 0 radical (unpaired) electrons. The Morgan fingerprint density at radius 1 is 0.657 bits per heavy atom. The van der Waals surface area contributed by atoms with E-state index in [1.807, 2.05) is 0 Å². The van der Waals surface area contributed by atoms with Gasteiger partial charge in [0.05, 0.1) is 5.41 Å². The third-order valence-electron chi connectivity index (χ3n) is 10.8. The molecular weight excluding hydrogens is 440 g/mol. The van der Waals surface area contributed by atoms with Crippen LogP contribution in [0.15, 0.2) is 0 Å². The number of piperidine rings is 2. The van der Waals surface area contributed by atoms with Gasteiger partial charge in [0.25, 0.3) is 0 Å². The average Bonchev–Trinajstić information content (AvgIpc) is 3.14. The van der Waals surface area contributed by atoms with Crippen molar-refractivity contribution in [1.29, 1.82) is 0 Å². The number of hydrogen-bond acceptors (Lipinski definition) is 4. The smallest absolute Gasteiger partial charge is 0.310 e. The summed E-state index contributed by atoms with van der Waals surface area (Å²) in [4.78, 5) is 29.0. The van der Waals surface area contributed by atoms with Crippen molar-refractivity contribution in [2.24, 2.45) is 17.3 Å². The summed E-state index contributed by atoms with van der Waals surface area (Å²) in [5.41, 5.74) is -0.541. The number of unbranched alkanes of at least 4 members (excludes halogenated alkanes) is 7. The van der Waals surface area contributed by atoms with Crippen molar-refractivity contribution in [1.82, 2.24) is 9.80 Å². The Balaban J connectivity index is 1.35. The number of carboxylic acids is 2. The van der Waals surface area contributed by atoms with Gasteiger partial charge in [-0.3, -0.25) is 9.59 Å². The molecule has 0 saturated carbocycles. The second-order valence-corrected chi connectivity index (χ2v) is 12.5. The van der Waals surface area contributed by atoms with Crippen molar-refractivity contribution >= 4 is 11.9 Å². The van der Waals surface area contributed by atoms with E-state index in [2.05, 4.69) is 23.9 Å². The van der Waals surface area contributed by atoms with Gasteiger partial charge in [-0.1, -0.05) is 44.9 Å². The van der Waals surface area contributed by atoms with E-state index in [0.29, 0.717) is 36.0 Å². The largest absolute Gasteiger partial charge is 0.481 e. The highest BCUT2D eigenvalue weighted by Crippen LogP contribution is 2.56. The number of hydrogen-bond donors (Lipinski definition) is 2. The monoisotopic (exact) mass is 490 g/mol. The van der Waals surface area contributed by atoms with Crippen LogP contribution in [0.3, 0.4) is 0 Å². The molecule has 6 heteroatoms. The van der Waals surface area contributed by atoms with Gasteiger partial charge in [0.1, 0.15) is 0 Å². The molecule has 4 heterocycles. The molecule has 0 aromatic rings. The molecule has 4 bridgehead atoms. The molecule has 35 heavy (non-hydrogen) atoms. The molecule has 0 aromatic carbocycles. The van der Waals surface area contributed by atoms with Gasteiger partial charge in [-0.2, -0.15) is 0 Å². The van der Waals surface area contributed by atoms with Crippen molar-refractivity contribution in [3.8, 4) is 0 Å². The summed E-state index contributed by atoms with van der Waals surface area (Å²) >= 11 is 0. The van der Waals surface area contributed by atoms with E-state index >= 15 is 0 Å². The summed E-state index contributed by atoms with van der Waals surface area (Å²) < 4.78 is 0. The summed E-state index contributed by atoms with van der Waals surface area (Å²) in [5.74, 6) is -0.521. The number of carboxylic acid groups (broad SMARTS) is 2. The van der Waals surface area contributed by atoms with Crippen LogP contribution < -0.4 is 0 Å². The fourth-order valence-corrected chi connectivity index (χ4v) is 8.62. The summed E-state index contributed by atoms with van der Waals surface area (Å²) in [5, 5.41) is 19.7. The van der Waals surface area contributed by atoms with Crippen LogP contribution in [0, 0.1) is 17.3 Å². The highest BCUT2D eigenvalue weighted by molar-refractivity contribution is 5.75. The maximum atomic E-state index is 13.3. The van der Waals surface area contributed by atoms with Gasteiger partial charge in [0.15, 0.2) is 0 Å². The van der Waals surface area contributed by atoms with Crippen LogP contribution in [0.25, 0.3) is 0 Å². The third-order valence-corrected chi connectivity index (χ3v) is 10.8. The molecule has 6 atom stereocenters. The lowest BCUT2D eigenvalue weighted by atomic mass is 9.57. The lowest BCUT2D eigenvalue weighted by Gasteiger charge is -2.51. The lowest BCUT2D eigenvalue weighted by molar-refractivity contribution is -0.164. The van der Waals surface area contributed by atoms with E-state index in [1.54, 1.807) is 0 Å². The normalized spacial score (nSPS) is 34.7. The van der Waals surface area contributed by atoms with Crippen molar-refractivity contribution in [2.75, 3.05) is 14.1 Å². The number of carbonyl (C=O) groups is 2. The molecule has 6 nitrogen and oxygen atoms in total. The first-order chi connectivity index (χ1) is 16.8. The van der Waals surface area contributed by atoms with E-state index in [0.717, 1.165) is 64.2 Å². The van der Waals surface area contributed by atoms with E-state index in [-0.39, 0.29) is 6.42 Å². The maximum absolute atomic E-state index is 13.3. The minimum absolute atomic E-state index is 0.286. The molecule has 2 unspecified atom stereocenters. The van der Waals surface area contributed by atoms with Gasteiger partial charge in [0, 0.05) is 30.6 Å². The Kier molecular flexibility index (Phi) is 9.18. The van der Waals surface area contributed by atoms with E-state index in [4.69, 9.17) is 5.11 Å². The minimum Gasteiger partial charge on any atom is -0.481 e. The van der Waals surface area contributed by atoms with Gasteiger partial charge in [-0.15, -0.1) is 0 Å². The molecule has 200 valence electrons. The Morgan fingerprint density at radius 3 is 1.40 bits per heavy atom. The summed E-state index contributed by atoms with van der Waals surface area (Å²) in [6, 6.07) is 2.34. The van der Waals surface area contributed by atoms with Gasteiger partial charge < -0.3 is 20.0 Å². The van der Waals surface area contributed by atoms with Crippen molar-refractivity contribution in [3.05, 3.63) is 0 Å². The van der Waals surface area contributed by atoms with Gasteiger partial charge in [-0.05, 0) is 90.1 Å². The fraction of sp³-hybridized carbons (Fsp3) is 0.931. The number of rotatable bonds is 14. The standard InChI is InChI=1S/C29H50N2O4/c1-30-23-12-13-24(30)18-21(17-23)29(28(34)35,22-19-25-14-15-26(20-22)31(25)2)16-10-8-6-4-3-5-7-9-11-27(32)33/h21-26H,3-20H2,1-2H3,(H,32,33)(H,34,35)/t21?,22?,23-,24+,25-,26+,29?. The predicted octanol–water partition coefficient (Wildman–Crippen LogP) is 5.79. The Morgan fingerprint density at radius 2 is 1.03 bits per heavy atom. The Hall–Kier alpha value is -1.14. The first-order valence-electron chi connectivity index (χ1n) is 14.7. The minimum atomic E-state index is -0.692. The fourth-order valence-electron chi connectivity index (χ4n) is 8.62. The zero-order valence-electron chi connectivity index (χ0n) is 22.3. The van der Waals surface area contributed by atoms with E-state index in [1.165, 1.54) is 44.9 Å². The third kappa shape index (κ3) is 5.89. The Bertz CT molecular complexity index is 665. The molecule has 4 saturated heterocycles. The molecule has 4 rings (SSSR count). The second-order valence-electron chi connectivity index (χ2n) is 12.5. The molecule has 0 aliphatic carbocycles. The Labute approximate surface area is 212 Å².